The van der Waals surface area contributed by atoms with Crippen LogP contribution in [0.5, 0.6) is 5.75 Å². The number of hydrogen-bond donors (Lipinski definition) is 1. The van der Waals surface area contributed by atoms with Gasteiger partial charge in [0.2, 0.25) is 0 Å². The third-order valence-corrected chi connectivity index (χ3v) is 3.80. The molecule has 2 rings (SSSR count). The molecule has 0 amide bonds. The zero-order chi connectivity index (χ0) is 16.7. The van der Waals surface area contributed by atoms with E-state index < -0.39 is 0 Å². The van der Waals surface area contributed by atoms with Gasteiger partial charge < -0.3 is 4.74 Å². The van der Waals surface area contributed by atoms with Crippen molar-refractivity contribution in [2.75, 3.05) is 6.26 Å². The summed E-state index contributed by atoms with van der Waals surface area (Å²) >= 11 is 1.39. The highest BCUT2D eigenvalue weighted by molar-refractivity contribution is 8.13. The summed E-state index contributed by atoms with van der Waals surface area (Å²) in [6, 6.07) is 13.9. The average Bonchev–Trinajstić information content (AvgIpc) is 2.54. The predicted octanol–water partition coefficient (Wildman–Crippen LogP) is 4.30. The summed E-state index contributed by atoms with van der Waals surface area (Å²) < 4.78 is 5.89. The minimum Gasteiger partial charge on any atom is -0.489 e. The van der Waals surface area contributed by atoms with Crippen molar-refractivity contribution >= 4 is 22.6 Å². The van der Waals surface area contributed by atoms with Crippen LogP contribution in [0.25, 0.3) is 0 Å². The molecule has 0 fully saturated rings. The van der Waals surface area contributed by atoms with E-state index >= 15 is 0 Å². The Bertz CT molecular complexity index is 750. The van der Waals surface area contributed by atoms with Crippen molar-refractivity contribution in [2.45, 2.75) is 20.5 Å². The van der Waals surface area contributed by atoms with Gasteiger partial charge in [0.05, 0.1) is 5.69 Å². The van der Waals surface area contributed by atoms with Crippen LogP contribution >= 0.6 is 11.8 Å². The Labute approximate surface area is 141 Å². The summed E-state index contributed by atoms with van der Waals surface area (Å²) in [7, 11) is 0. The Morgan fingerprint density at radius 2 is 2.09 bits per heavy atom. The quantitative estimate of drug-likeness (QED) is 0.394. The van der Waals surface area contributed by atoms with E-state index in [-0.39, 0.29) is 0 Å². The first-order valence-electron chi connectivity index (χ1n) is 7.19. The van der Waals surface area contributed by atoms with Crippen LogP contribution in [0.15, 0.2) is 47.5 Å². The molecule has 2 aromatic rings. The van der Waals surface area contributed by atoms with Gasteiger partial charge in [-0.05, 0) is 49.4 Å². The Morgan fingerprint density at radius 3 is 2.78 bits per heavy atom. The number of nitrogens with zero attached hydrogens (tertiary/aromatic N) is 2. The smallest absolute Gasteiger partial charge is 0.183 e. The summed E-state index contributed by atoms with van der Waals surface area (Å²) in [5.74, 6) is 0.889. The van der Waals surface area contributed by atoms with E-state index in [1.165, 1.54) is 17.3 Å². The molecular formula is C18H19N3OS. The summed E-state index contributed by atoms with van der Waals surface area (Å²) in [6.07, 6.45) is 3.76. The molecule has 0 spiro atoms. The average molecular weight is 325 g/mol. The van der Waals surface area contributed by atoms with Crippen LogP contribution in [-0.2, 0) is 6.61 Å². The molecule has 118 valence electrons. The van der Waals surface area contributed by atoms with Crippen LogP contribution in [0.4, 0.5) is 5.69 Å². The molecule has 2 aromatic carbocycles. The Morgan fingerprint density at radius 1 is 1.26 bits per heavy atom. The number of nitriles is 1. The molecule has 0 aliphatic rings. The van der Waals surface area contributed by atoms with Gasteiger partial charge >= 0.3 is 0 Å². The first kappa shape index (κ1) is 16.9. The maximum atomic E-state index is 8.68. The number of aryl methyl sites for hydroxylation is 2. The Balaban J connectivity index is 2.09. The molecule has 0 saturated heterocycles. The molecule has 23 heavy (non-hydrogen) atoms. The molecule has 4 nitrogen and oxygen atoms in total. The van der Waals surface area contributed by atoms with E-state index in [9.17, 15) is 0 Å². The Hall–Kier alpha value is -2.45. The molecule has 0 bridgehead atoms. The number of nitrogens with one attached hydrogen (secondary N) is 1. The monoisotopic (exact) mass is 325 g/mol. The van der Waals surface area contributed by atoms with E-state index in [1.54, 1.807) is 0 Å². The molecule has 0 aromatic heterocycles. The molecule has 0 saturated carbocycles. The zero-order valence-corrected chi connectivity index (χ0v) is 14.3. The number of rotatable bonds is 4. The van der Waals surface area contributed by atoms with Gasteiger partial charge in [-0.1, -0.05) is 41.6 Å². The molecular weight excluding hydrogens is 306 g/mol. The molecule has 5 heteroatoms. The molecule has 0 radical (unpaired) electrons. The number of thioether (sulfide) groups is 1. The zero-order valence-electron chi connectivity index (χ0n) is 13.5. The van der Waals surface area contributed by atoms with E-state index in [0.29, 0.717) is 11.8 Å². The van der Waals surface area contributed by atoms with Crippen molar-refractivity contribution in [3.8, 4) is 11.9 Å². The lowest BCUT2D eigenvalue weighted by atomic mass is 10.1. The van der Waals surface area contributed by atoms with Gasteiger partial charge in [-0.25, -0.2) is 4.99 Å². The van der Waals surface area contributed by atoms with Crippen molar-refractivity contribution in [2.24, 2.45) is 4.99 Å². The number of hydrogen-bond acceptors (Lipinski definition) is 4. The number of ether oxygens (including phenoxy) is 1. The van der Waals surface area contributed by atoms with Crippen LogP contribution in [0.1, 0.15) is 16.7 Å². The van der Waals surface area contributed by atoms with Gasteiger partial charge in [0.1, 0.15) is 12.4 Å². The number of amidine groups is 1. The fourth-order valence-corrected chi connectivity index (χ4v) is 2.47. The van der Waals surface area contributed by atoms with Crippen molar-refractivity contribution in [1.29, 1.82) is 5.26 Å². The molecule has 0 heterocycles. The van der Waals surface area contributed by atoms with E-state index in [4.69, 9.17) is 10.00 Å². The van der Waals surface area contributed by atoms with Crippen molar-refractivity contribution in [3.63, 3.8) is 0 Å². The van der Waals surface area contributed by atoms with Gasteiger partial charge in [0, 0.05) is 0 Å². The highest BCUT2D eigenvalue weighted by Gasteiger charge is 2.02. The van der Waals surface area contributed by atoms with Gasteiger partial charge in [-0.3, -0.25) is 5.32 Å². The topological polar surface area (TPSA) is 57.4 Å². The lowest BCUT2D eigenvalue weighted by molar-refractivity contribution is 0.304. The van der Waals surface area contributed by atoms with Gasteiger partial charge in [-0.15, -0.1) is 0 Å². The molecule has 1 N–H and O–H groups in total. The summed E-state index contributed by atoms with van der Waals surface area (Å²) in [5.41, 5.74) is 4.17. The molecule has 0 unspecified atom stereocenters. The molecule has 0 atom stereocenters. The van der Waals surface area contributed by atoms with Gasteiger partial charge in [0.25, 0.3) is 0 Å². The minimum atomic E-state index is 0.480. The lowest BCUT2D eigenvalue weighted by Crippen LogP contribution is -2.12. The first-order chi connectivity index (χ1) is 11.1. The fraction of sp³-hybridized carbons (Fsp3) is 0.222. The minimum absolute atomic E-state index is 0.480. The summed E-state index contributed by atoms with van der Waals surface area (Å²) in [6.45, 7) is 4.59. The van der Waals surface area contributed by atoms with Crippen LogP contribution < -0.4 is 10.1 Å². The second-order valence-corrected chi connectivity index (χ2v) is 5.88. The van der Waals surface area contributed by atoms with E-state index in [1.807, 2.05) is 55.8 Å². The predicted molar refractivity (Wildman–Crippen MR) is 96.0 cm³/mol. The molecule has 0 aliphatic heterocycles. The van der Waals surface area contributed by atoms with Crippen LogP contribution in [-0.4, -0.2) is 11.4 Å². The van der Waals surface area contributed by atoms with Crippen LogP contribution in [0.3, 0.4) is 0 Å². The fourth-order valence-electron chi connectivity index (χ4n) is 2.13. The highest BCUT2D eigenvalue weighted by Crippen LogP contribution is 2.21. The summed E-state index contributed by atoms with van der Waals surface area (Å²) in [4.78, 5) is 4.40. The second-order valence-electron chi connectivity index (χ2n) is 5.09. The van der Waals surface area contributed by atoms with Crippen molar-refractivity contribution in [3.05, 3.63) is 59.2 Å². The van der Waals surface area contributed by atoms with Crippen molar-refractivity contribution < 1.29 is 4.74 Å². The van der Waals surface area contributed by atoms with Crippen molar-refractivity contribution in [1.82, 2.24) is 5.32 Å². The van der Waals surface area contributed by atoms with E-state index in [2.05, 4.69) is 23.3 Å². The third-order valence-electron chi connectivity index (χ3n) is 3.22. The summed E-state index contributed by atoms with van der Waals surface area (Å²) in [5, 5.41) is 11.8. The lowest BCUT2D eigenvalue weighted by Gasteiger charge is -2.10. The van der Waals surface area contributed by atoms with Crippen LogP contribution in [0.2, 0.25) is 0 Å². The maximum Gasteiger partial charge on any atom is 0.183 e. The third kappa shape index (κ3) is 5.04. The standard InChI is InChI=1S/C18H19N3OS/c1-13-7-8-17(14(2)9-13)22-11-15-5-4-6-16(10-15)21-18(23-3)20-12-19/h4-10H,11H2,1-3H3,(H,20,21). The first-order valence-corrected chi connectivity index (χ1v) is 8.41. The second kappa shape index (κ2) is 8.25. The normalized spacial score (nSPS) is 11.0. The highest BCUT2D eigenvalue weighted by atomic mass is 32.2. The molecule has 0 aliphatic carbocycles. The number of aliphatic imine (C=N–C) groups is 1. The van der Waals surface area contributed by atoms with Gasteiger partial charge in [0.15, 0.2) is 11.4 Å². The maximum absolute atomic E-state index is 8.68. The largest absolute Gasteiger partial charge is 0.489 e. The van der Waals surface area contributed by atoms with Crippen LogP contribution in [0, 0.1) is 25.3 Å². The number of benzene rings is 2. The van der Waals surface area contributed by atoms with Gasteiger partial charge in [-0.2, -0.15) is 5.26 Å². The SMILES string of the molecule is CSC(=Nc1cccc(COc2ccc(C)cc2C)c1)NC#N. The van der Waals surface area contributed by atoms with E-state index in [0.717, 1.165) is 22.6 Å². The Kier molecular flexibility index (Phi) is 6.07.